The van der Waals surface area contributed by atoms with Gasteiger partial charge in [-0.1, -0.05) is 82.2 Å². The van der Waals surface area contributed by atoms with Gasteiger partial charge in [-0.25, -0.2) is 0 Å². The second-order valence-corrected chi connectivity index (χ2v) is 6.24. The summed E-state index contributed by atoms with van der Waals surface area (Å²) in [6.07, 6.45) is 9.65. The Morgan fingerprint density at radius 1 is 0.917 bits per heavy atom. The molecule has 0 aliphatic rings. The highest BCUT2D eigenvalue weighted by Crippen LogP contribution is 2.24. The van der Waals surface area contributed by atoms with Gasteiger partial charge in [-0.05, 0) is 18.9 Å². The molecule has 0 heterocycles. The number of ether oxygens (including phenoxy) is 2. The summed E-state index contributed by atoms with van der Waals surface area (Å²) in [4.78, 5) is 12.4. The molecule has 0 amide bonds. The fourth-order valence-electron chi connectivity index (χ4n) is 2.86. The van der Waals surface area contributed by atoms with E-state index in [1.54, 1.807) is 0 Å². The standard InChI is InChI=1S/C21H34O3/c1-3-5-6-7-8-9-13-16-20(19-14-11-10-12-15-19)21(22)24-18-17-23-4-2/h10-12,14-15,20H,3-9,13,16-18H2,1-2H3. The summed E-state index contributed by atoms with van der Waals surface area (Å²) >= 11 is 0. The van der Waals surface area contributed by atoms with E-state index in [4.69, 9.17) is 9.47 Å². The normalized spacial score (nSPS) is 12.1. The van der Waals surface area contributed by atoms with Gasteiger partial charge < -0.3 is 9.47 Å². The van der Waals surface area contributed by atoms with Crippen molar-refractivity contribution in [1.82, 2.24) is 0 Å². The van der Waals surface area contributed by atoms with Crippen LogP contribution < -0.4 is 0 Å². The summed E-state index contributed by atoms with van der Waals surface area (Å²) in [5.41, 5.74) is 1.06. The highest BCUT2D eigenvalue weighted by Gasteiger charge is 2.21. The minimum absolute atomic E-state index is 0.119. The summed E-state index contributed by atoms with van der Waals surface area (Å²) in [7, 11) is 0. The zero-order valence-corrected chi connectivity index (χ0v) is 15.5. The molecule has 1 aromatic rings. The third-order valence-corrected chi connectivity index (χ3v) is 4.26. The fourth-order valence-corrected chi connectivity index (χ4v) is 2.86. The van der Waals surface area contributed by atoms with Crippen molar-refractivity contribution in [3.05, 3.63) is 35.9 Å². The Morgan fingerprint density at radius 3 is 2.25 bits per heavy atom. The van der Waals surface area contributed by atoms with Crippen molar-refractivity contribution in [3.63, 3.8) is 0 Å². The third-order valence-electron chi connectivity index (χ3n) is 4.26. The summed E-state index contributed by atoms with van der Waals surface area (Å²) in [6.45, 7) is 5.64. The summed E-state index contributed by atoms with van der Waals surface area (Å²) < 4.78 is 10.6. The van der Waals surface area contributed by atoms with Crippen molar-refractivity contribution >= 4 is 5.97 Å². The van der Waals surface area contributed by atoms with E-state index in [0.29, 0.717) is 19.8 Å². The molecule has 1 rings (SSSR count). The van der Waals surface area contributed by atoms with Crippen LogP contribution in [0.2, 0.25) is 0 Å². The van der Waals surface area contributed by atoms with Gasteiger partial charge in [0.25, 0.3) is 0 Å². The molecular weight excluding hydrogens is 300 g/mol. The lowest BCUT2D eigenvalue weighted by molar-refractivity contribution is -0.147. The van der Waals surface area contributed by atoms with E-state index in [2.05, 4.69) is 6.92 Å². The van der Waals surface area contributed by atoms with E-state index in [1.807, 2.05) is 37.3 Å². The number of unbranched alkanes of at least 4 members (excludes halogenated alkanes) is 6. The van der Waals surface area contributed by atoms with Crippen molar-refractivity contribution < 1.29 is 14.3 Å². The van der Waals surface area contributed by atoms with Crippen molar-refractivity contribution in [2.45, 2.75) is 71.1 Å². The lowest BCUT2D eigenvalue weighted by atomic mass is 9.93. The summed E-state index contributed by atoms with van der Waals surface area (Å²) in [5.74, 6) is -0.268. The molecule has 0 aliphatic heterocycles. The molecular formula is C21H34O3. The zero-order valence-electron chi connectivity index (χ0n) is 15.5. The van der Waals surface area contributed by atoms with Gasteiger partial charge in [0.2, 0.25) is 0 Å². The van der Waals surface area contributed by atoms with Gasteiger partial charge in [-0.2, -0.15) is 0 Å². The largest absolute Gasteiger partial charge is 0.463 e. The maximum atomic E-state index is 12.4. The van der Waals surface area contributed by atoms with Crippen molar-refractivity contribution in [3.8, 4) is 0 Å². The lowest BCUT2D eigenvalue weighted by Gasteiger charge is -2.16. The minimum Gasteiger partial charge on any atom is -0.463 e. The molecule has 0 bridgehead atoms. The van der Waals surface area contributed by atoms with E-state index in [1.165, 1.54) is 38.5 Å². The van der Waals surface area contributed by atoms with Crippen LogP contribution in [-0.4, -0.2) is 25.8 Å². The fraction of sp³-hybridized carbons (Fsp3) is 0.667. The molecule has 1 atom stereocenters. The number of hydrogen-bond acceptors (Lipinski definition) is 3. The van der Waals surface area contributed by atoms with Gasteiger partial charge in [-0.15, -0.1) is 0 Å². The van der Waals surface area contributed by atoms with E-state index in [9.17, 15) is 4.79 Å². The molecule has 136 valence electrons. The average molecular weight is 334 g/mol. The number of esters is 1. The van der Waals surface area contributed by atoms with Crippen LogP contribution in [0.4, 0.5) is 0 Å². The van der Waals surface area contributed by atoms with Crippen LogP contribution in [0.5, 0.6) is 0 Å². The summed E-state index contributed by atoms with van der Waals surface area (Å²) in [5, 5.41) is 0. The monoisotopic (exact) mass is 334 g/mol. The predicted octanol–water partition coefficient (Wildman–Crippen LogP) is 5.49. The number of hydrogen-bond donors (Lipinski definition) is 0. The Balaban J connectivity index is 2.40. The maximum absolute atomic E-state index is 12.4. The second-order valence-electron chi connectivity index (χ2n) is 6.24. The van der Waals surface area contributed by atoms with E-state index in [-0.39, 0.29) is 11.9 Å². The van der Waals surface area contributed by atoms with E-state index < -0.39 is 0 Å². The Morgan fingerprint density at radius 2 is 1.58 bits per heavy atom. The Bertz CT molecular complexity index is 416. The van der Waals surface area contributed by atoms with Crippen LogP contribution in [0.25, 0.3) is 0 Å². The molecule has 1 unspecified atom stereocenters. The van der Waals surface area contributed by atoms with Crippen LogP contribution in [0.15, 0.2) is 30.3 Å². The molecule has 0 saturated heterocycles. The molecule has 1 aromatic carbocycles. The van der Waals surface area contributed by atoms with Gasteiger partial charge in [-0.3, -0.25) is 4.79 Å². The number of carbonyl (C=O) groups excluding carboxylic acids is 1. The van der Waals surface area contributed by atoms with Gasteiger partial charge in [0.1, 0.15) is 6.61 Å². The molecule has 0 aliphatic carbocycles. The van der Waals surface area contributed by atoms with Crippen LogP contribution in [-0.2, 0) is 14.3 Å². The quantitative estimate of drug-likeness (QED) is 0.333. The van der Waals surface area contributed by atoms with Crippen LogP contribution in [0.1, 0.15) is 76.7 Å². The lowest BCUT2D eigenvalue weighted by Crippen LogP contribution is -2.18. The third kappa shape index (κ3) is 9.07. The molecule has 24 heavy (non-hydrogen) atoms. The smallest absolute Gasteiger partial charge is 0.313 e. The first-order valence-corrected chi connectivity index (χ1v) is 9.58. The Labute approximate surface area is 147 Å². The molecule has 0 fully saturated rings. The van der Waals surface area contributed by atoms with Crippen molar-refractivity contribution in [2.24, 2.45) is 0 Å². The summed E-state index contributed by atoms with van der Waals surface area (Å²) in [6, 6.07) is 10.0. The highest BCUT2D eigenvalue weighted by atomic mass is 16.6. The second kappa shape index (κ2) is 14.0. The SMILES string of the molecule is CCCCCCCCCC(C(=O)OCCOCC)c1ccccc1. The zero-order chi connectivity index (χ0) is 17.5. The Kier molecular flexibility index (Phi) is 12.1. The van der Waals surface area contributed by atoms with E-state index >= 15 is 0 Å². The molecule has 0 saturated carbocycles. The van der Waals surface area contributed by atoms with Gasteiger partial charge in [0.05, 0.1) is 12.5 Å². The molecule has 0 radical (unpaired) electrons. The topological polar surface area (TPSA) is 35.5 Å². The minimum atomic E-state index is -0.150. The van der Waals surface area contributed by atoms with Crippen LogP contribution in [0.3, 0.4) is 0 Å². The van der Waals surface area contributed by atoms with Gasteiger partial charge >= 0.3 is 5.97 Å². The highest BCUT2D eigenvalue weighted by molar-refractivity contribution is 5.78. The molecule has 3 heteroatoms. The van der Waals surface area contributed by atoms with Crippen molar-refractivity contribution in [2.75, 3.05) is 19.8 Å². The van der Waals surface area contributed by atoms with Crippen LogP contribution in [0, 0.1) is 0 Å². The first-order chi connectivity index (χ1) is 11.8. The maximum Gasteiger partial charge on any atom is 0.313 e. The van der Waals surface area contributed by atoms with Crippen LogP contribution >= 0.6 is 0 Å². The number of carbonyl (C=O) groups is 1. The Hall–Kier alpha value is -1.35. The van der Waals surface area contributed by atoms with Gasteiger partial charge in [0, 0.05) is 6.61 Å². The van der Waals surface area contributed by atoms with E-state index in [0.717, 1.165) is 18.4 Å². The average Bonchev–Trinajstić information content (AvgIpc) is 2.62. The first kappa shape index (κ1) is 20.7. The molecule has 0 spiro atoms. The van der Waals surface area contributed by atoms with Gasteiger partial charge in [0.15, 0.2) is 0 Å². The number of rotatable bonds is 14. The van der Waals surface area contributed by atoms with Crippen molar-refractivity contribution in [1.29, 1.82) is 0 Å². The molecule has 0 N–H and O–H groups in total. The molecule has 0 aromatic heterocycles. The first-order valence-electron chi connectivity index (χ1n) is 9.58. The predicted molar refractivity (Wildman–Crippen MR) is 99.2 cm³/mol. The molecule has 3 nitrogen and oxygen atoms in total. The number of benzene rings is 1.